The molecule has 21 heavy (non-hydrogen) atoms. The van der Waals surface area contributed by atoms with Gasteiger partial charge in [0.15, 0.2) is 0 Å². The predicted molar refractivity (Wildman–Crippen MR) is 76.5 cm³/mol. The van der Waals surface area contributed by atoms with Crippen LogP contribution in [0.15, 0.2) is 23.1 Å². The van der Waals surface area contributed by atoms with Gasteiger partial charge in [-0.2, -0.15) is 5.26 Å². The Labute approximate surface area is 124 Å². The second kappa shape index (κ2) is 6.52. The summed E-state index contributed by atoms with van der Waals surface area (Å²) in [5.74, 6) is -0.565. The lowest BCUT2D eigenvalue weighted by molar-refractivity contribution is 0.229. The van der Waals surface area contributed by atoms with E-state index in [1.54, 1.807) is 6.92 Å². The molecule has 1 fully saturated rings. The molecule has 1 aromatic rings. The Kier molecular flexibility index (Phi) is 4.93. The molecule has 1 heterocycles. The summed E-state index contributed by atoms with van der Waals surface area (Å²) in [6.07, 6.45) is 1.30. The highest BCUT2D eigenvalue weighted by Crippen LogP contribution is 2.19. The van der Waals surface area contributed by atoms with E-state index in [9.17, 15) is 12.8 Å². The van der Waals surface area contributed by atoms with E-state index in [4.69, 9.17) is 5.26 Å². The normalized spacial score (nSPS) is 17.6. The van der Waals surface area contributed by atoms with Crippen molar-refractivity contribution in [2.75, 3.05) is 19.6 Å². The quantitative estimate of drug-likeness (QED) is 0.853. The van der Waals surface area contributed by atoms with E-state index in [-0.39, 0.29) is 10.9 Å². The maximum Gasteiger partial charge on any atom is 0.241 e. The number of nitrogens with zero attached hydrogens (tertiary/aromatic N) is 2. The van der Waals surface area contributed by atoms with E-state index in [1.165, 1.54) is 12.1 Å². The summed E-state index contributed by atoms with van der Waals surface area (Å²) >= 11 is 0. The van der Waals surface area contributed by atoms with Crippen LogP contribution in [0.3, 0.4) is 0 Å². The molecule has 0 aromatic heterocycles. The van der Waals surface area contributed by atoms with Crippen LogP contribution in [-0.4, -0.2) is 39.0 Å². The fourth-order valence-corrected chi connectivity index (χ4v) is 4.02. The van der Waals surface area contributed by atoms with Gasteiger partial charge in [-0.3, -0.25) is 4.90 Å². The molecule has 0 spiro atoms. The monoisotopic (exact) mass is 311 g/mol. The molecule has 2 rings (SSSR count). The highest BCUT2D eigenvalue weighted by Gasteiger charge is 2.25. The van der Waals surface area contributed by atoms with Gasteiger partial charge in [-0.15, -0.1) is 0 Å². The van der Waals surface area contributed by atoms with Gasteiger partial charge in [-0.1, -0.05) is 6.07 Å². The maximum atomic E-state index is 13.3. The number of sulfonamides is 1. The molecular formula is C14H18FN3O2S. The minimum Gasteiger partial charge on any atom is -0.290 e. The fraction of sp³-hybridized carbons (Fsp3) is 0.500. The molecule has 1 aromatic carbocycles. The average Bonchev–Trinajstić information content (AvgIpc) is 2.43. The minimum absolute atomic E-state index is 0.0121. The van der Waals surface area contributed by atoms with Gasteiger partial charge in [0.2, 0.25) is 10.0 Å². The first-order valence-corrected chi connectivity index (χ1v) is 8.28. The van der Waals surface area contributed by atoms with E-state index >= 15 is 0 Å². The summed E-state index contributed by atoms with van der Waals surface area (Å²) in [7, 11) is -3.72. The number of rotatable bonds is 4. The zero-order valence-corrected chi connectivity index (χ0v) is 12.7. The largest absolute Gasteiger partial charge is 0.290 e. The Balaban J connectivity index is 2.06. The van der Waals surface area contributed by atoms with Crippen molar-refractivity contribution in [3.05, 3.63) is 29.6 Å². The number of hydrogen-bond acceptors (Lipinski definition) is 4. The lowest BCUT2D eigenvalue weighted by Gasteiger charge is -2.30. The SMILES string of the molecule is Cc1ccc(F)cc1S(=O)(=O)NC1CCN(CC#N)CC1. The molecule has 7 heteroatoms. The zero-order chi connectivity index (χ0) is 15.5. The van der Waals surface area contributed by atoms with Crippen molar-refractivity contribution in [3.8, 4) is 6.07 Å². The Morgan fingerprint density at radius 2 is 2.10 bits per heavy atom. The Hall–Kier alpha value is -1.49. The number of hydrogen-bond donors (Lipinski definition) is 1. The van der Waals surface area contributed by atoms with Crippen LogP contribution in [0.5, 0.6) is 0 Å². The van der Waals surface area contributed by atoms with Crippen LogP contribution in [0.2, 0.25) is 0 Å². The first-order chi connectivity index (χ1) is 9.92. The smallest absolute Gasteiger partial charge is 0.241 e. The topological polar surface area (TPSA) is 73.2 Å². The van der Waals surface area contributed by atoms with Crippen LogP contribution in [0, 0.1) is 24.1 Å². The Morgan fingerprint density at radius 3 is 2.71 bits per heavy atom. The highest BCUT2D eigenvalue weighted by molar-refractivity contribution is 7.89. The summed E-state index contributed by atoms with van der Waals surface area (Å²) < 4.78 is 40.6. The number of nitrogens with one attached hydrogen (secondary N) is 1. The summed E-state index contributed by atoms with van der Waals surface area (Å²) in [6, 6.07) is 5.66. The summed E-state index contributed by atoms with van der Waals surface area (Å²) in [5.41, 5.74) is 0.519. The number of nitriles is 1. The van der Waals surface area contributed by atoms with E-state index in [1.807, 2.05) is 4.90 Å². The van der Waals surface area contributed by atoms with Crippen molar-refractivity contribution >= 4 is 10.0 Å². The van der Waals surface area contributed by atoms with Gasteiger partial charge in [0.1, 0.15) is 5.82 Å². The van der Waals surface area contributed by atoms with Crippen molar-refractivity contribution in [2.45, 2.75) is 30.7 Å². The summed E-state index contributed by atoms with van der Waals surface area (Å²) in [6.45, 7) is 3.37. The summed E-state index contributed by atoms with van der Waals surface area (Å²) in [4.78, 5) is 1.97. The van der Waals surface area contributed by atoms with Crippen LogP contribution in [0.1, 0.15) is 18.4 Å². The molecule has 5 nitrogen and oxygen atoms in total. The number of likely N-dealkylation sites (tertiary alicyclic amines) is 1. The molecule has 114 valence electrons. The number of piperidine rings is 1. The lowest BCUT2D eigenvalue weighted by Crippen LogP contribution is -2.44. The third-order valence-electron chi connectivity index (χ3n) is 3.64. The Morgan fingerprint density at radius 1 is 1.43 bits per heavy atom. The third-order valence-corrected chi connectivity index (χ3v) is 5.31. The van der Waals surface area contributed by atoms with Gasteiger partial charge < -0.3 is 0 Å². The van der Waals surface area contributed by atoms with E-state index in [0.717, 1.165) is 6.07 Å². The van der Waals surface area contributed by atoms with Crippen molar-refractivity contribution < 1.29 is 12.8 Å². The van der Waals surface area contributed by atoms with Crippen LogP contribution in [0.4, 0.5) is 4.39 Å². The van der Waals surface area contributed by atoms with E-state index in [2.05, 4.69) is 10.8 Å². The number of halogens is 1. The second-order valence-electron chi connectivity index (χ2n) is 5.24. The standard InChI is InChI=1S/C14H18FN3O2S/c1-11-2-3-12(15)10-14(11)21(19,20)17-13-4-7-18(8-5-13)9-6-16/h2-3,10,13,17H,4-5,7-9H2,1H3. The van der Waals surface area contributed by atoms with Crippen LogP contribution in [0.25, 0.3) is 0 Å². The van der Waals surface area contributed by atoms with Crippen LogP contribution in [-0.2, 0) is 10.0 Å². The first-order valence-electron chi connectivity index (χ1n) is 6.80. The molecule has 0 saturated carbocycles. The van der Waals surface area contributed by atoms with E-state index < -0.39 is 15.8 Å². The van der Waals surface area contributed by atoms with E-state index in [0.29, 0.717) is 38.0 Å². The average molecular weight is 311 g/mol. The molecule has 0 unspecified atom stereocenters. The van der Waals surface area contributed by atoms with Gasteiger partial charge in [-0.25, -0.2) is 17.5 Å². The van der Waals surface area contributed by atoms with Crippen molar-refractivity contribution in [1.29, 1.82) is 5.26 Å². The highest BCUT2D eigenvalue weighted by atomic mass is 32.2. The van der Waals surface area contributed by atoms with Gasteiger partial charge >= 0.3 is 0 Å². The molecule has 1 aliphatic rings. The molecule has 0 radical (unpaired) electrons. The number of aryl methyl sites for hydroxylation is 1. The van der Waals surface area contributed by atoms with Crippen LogP contribution >= 0.6 is 0 Å². The molecule has 1 aliphatic heterocycles. The maximum absolute atomic E-state index is 13.3. The van der Waals surface area contributed by atoms with Crippen molar-refractivity contribution in [3.63, 3.8) is 0 Å². The van der Waals surface area contributed by atoms with Crippen molar-refractivity contribution in [2.24, 2.45) is 0 Å². The molecule has 0 amide bonds. The van der Waals surface area contributed by atoms with Gasteiger partial charge in [0.25, 0.3) is 0 Å². The first kappa shape index (κ1) is 15.9. The van der Waals surface area contributed by atoms with Crippen molar-refractivity contribution in [1.82, 2.24) is 9.62 Å². The lowest BCUT2D eigenvalue weighted by atomic mass is 10.1. The van der Waals surface area contributed by atoms with Crippen LogP contribution < -0.4 is 4.72 Å². The van der Waals surface area contributed by atoms with Gasteiger partial charge in [0, 0.05) is 19.1 Å². The minimum atomic E-state index is -3.72. The van der Waals surface area contributed by atoms with Gasteiger partial charge in [0.05, 0.1) is 17.5 Å². The Bertz CT molecular complexity index is 647. The molecule has 0 bridgehead atoms. The number of benzene rings is 1. The second-order valence-corrected chi connectivity index (χ2v) is 6.92. The zero-order valence-electron chi connectivity index (χ0n) is 11.8. The summed E-state index contributed by atoms with van der Waals surface area (Å²) in [5, 5.41) is 8.64. The molecule has 0 atom stereocenters. The molecular weight excluding hydrogens is 293 g/mol. The molecule has 0 aliphatic carbocycles. The third kappa shape index (κ3) is 4.00. The predicted octanol–water partition coefficient (Wildman–Crippen LogP) is 1.40. The fourth-order valence-electron chi connectivity index (χ4n) is 2.46. The molecule has 1 saturated heterocycles. The van der Waals surface area contributed by atoms with Gasteiger partial charge in [-0.05, 0) is 37.5 Å². The molecule has 1 N–H and O–H groups in total.